The molecule has 0 aromatic carbocycles. The fourth-order valence-corrected chi connectivity index (χ4v) is 4.59. The van der Waals surface area contributed by atoms with Crippen LogP contribution in [0.4, 0.5) is 0 Å². The van der Waals surface area contributed by atoms with E-state index in [1.165, 1.54) is 19.3 Å². The summed E-state index contributed by atoms with van der Waals surface area (Å²) in [6.07, 6.45) is 3.81. The topological polar surface area (TPSA) is 0 Å². The lowest BCUT2D eigenvalue weighted by molar-refractivity contribution is 0.253. The van der Waals surface area contributed by atoms with Crippen LogP contribution in [0.5, 0.6) is 0 Å². The Kier molecular flexibility index (Phi) is 3.35. The van der Waals surface area contributed by atoms with Crippen molar-refractivity contribution in [1.29, 1.82) is 0 Å². The molecule has 0 bridgehead atoms. The Morgan fingerprint density at radius 1 is 1.53 bits per heavy atom. The zero-order chi connectivity index (χ0) is 11.1. The maximum absolute atomic E-state index is 6.57. The van der Waals surface area contributed by atoms with Crippen LogP contribution in [0.15, 0.2) is 11.4 Å². The molecule has 2 unspecified atom stereocenters. The van der Waals surface area contributed by atoms with E-state index in [2.05, 4.69) is 13.8 Å². The highest BCUT2D eigenvalue weighted by atomic mass is 35.5. The molecule has 0 radical (unpaired) electrons. The molecule has 0 nitrogen and oxygen atoms in total. The predicted molar refractivity (Wildman–Crippen MR) is 69.0 cm³/mol. The van der Waals surface area contributed by atoms with Crippen LogP contribution in [-0.2, 0) is 0 Å². The zero-order valence-electron chi connectivity index (χ0n) is 9.09. The normalized spacial score (nSPS) is 26.8. The lowest BCUT2D eigenvalue weighted by Gasteiger charge is -2.30. The second-order valence-corrected chi connectivity index (χ2v) is 6.85. The molecule has 1 fully saturated rings. The van der Waals surface area contributed by atoms with Crippen LogP contribution in [-0.4, -0.2) is 0 Å². The fourth-order valence-electron chi connectivity index (χ4n) is 2.58. The molecule has 0 aliphatic heterocycles. The van der Waals surface area contributed by atoms with E-state index in [1.54, 1.807) is 11.3 Å². The summed E-state index contributed by atoms with van der Waals surface area (Å²) in [6, 6.07) is 1.94. The Bertz CT molecular complexity index is 343. The maximum Gasteiger partial charge on any atom is 0.0726 e. The van der Waals surface area contributed by atoms with Crippen molar-refractivity contribution in [2.24, 2.45) is 11.3 Å². The van der Waals surface area contributed by atoms with Crippen LogP contribution in [0.3, 0.4) is 0 Å². The van der Waals surface area contributed by atoms with Gasteiger partial charge in [0.1, 0.15) is 0 Å². The van der Waals surface area contributed by atoms with Crippen molar-refractivity contribution in [3.63, 3.8) is 0 Å². The van der Waals surface area contributed by atoms with Gasteiger partial charge in [-0.25, -0.2) is 0 Å². The maximum atomic E-state index is 6.57. The molecule has 1 aliphatic carbocycles. The van der Waals surface area contributed by atoms with Gasteiger partial charge in [0.05, 0.1) is 10.4 Å². The third-order valence-electron chi connectivity index (χ3n) is 3.59. The molecule has 1 aromatic rings. The first-order valence-electron chi connectivity index (χ1n) is 5.39. The Morgan fingerprint density at radius 3 is 2.73 bits per heavy atom. The third-order valence-corrected chi connectivity index (χ3v) is 5.68. The SMILES string of the molecule is CC1(C)CCCC1C(Cl)c1sccc1Cl. The van der Waals surface area contributed by atoms with Crippen molar-refractivity contribution in [2.75, 3.05) is 0 Å². The largest absolute Gasteiger partial charge is 0.146 e. The molecule has 15 heavy (non-hydrogen) atoms. The Morgan fingerprint density at radius 2 is 2.27 bits per heavy atom. The summed E-state index contributed by atoms with van der Waals surface area (Å²) in [6.45, 7) is 4.64. The molecule has 2 atom stereocenters. The third kappa shape index (κ3) is 2.20. The lowest BCUT2D eigenvalue weighted by atomic mass is 9.79. The second-order valence-electron chi connectivity index (χ2n) is 5.02. The monoisotopic (exact) mass is 262 g/mol. The molecule has 0 spiro atoms. The van der Waals surface area contributed by atoms with E-state index in [-0.39, 0.29) is 5.38 Å². The Balaban J connectivity index is 2.21. The van der Waals surface area contributed by atoms with Crippen molar-refractivity contribution in [2.45, 2.75) is 38.5 Å². The summed E-state index contributed by atoms with van der Waals surface area (Å²) >= 11 is 14.4. The minimum absolute atomic E-state index is 0.0926. The predicted octanol–water partition coefficient (Wildman–Crippen LogP) is 5.51. The number of rotatable bonds is 2. The molecule has 2 rings (SSSR count). The number of thiophene rings is 1. The summed E-state index contributed by atoms with van der Waals surface area (Å²) in [5.41, 5.74) is 0.361. The minimum atomic E-state index is 0.0926. The molecular weight excluding hydrogens is 247 g/mol. The van der Waals surface area contributed by atoms with Gasteiger partial charge in [-0.1, -0.05) is 31.9 Å². The molecule has 84 valence electrons. The van der Waals surface area contributed by atoms with E-state index < -0.39 is 0 Å². The molecule has 0 amide bonds. The average Bonchev–Trinajstić information content (AvgIpc) is 2.70. The number of halogens is 2. The van der Waals surface area contributed by atoms with E-state index in [0.29, 0.717) is 11.3 Å². The highest BCUT2D eigenvalue weighted by Crippen LogP contribution is 2.52. The number of alkyl halides is 1. The quantitative estimate of drug-likeness (QED) is 0.617. The summed E-state index contributed by atoms with van der Waals surface area (Å²) in [5.74, 6) is 0.565. The van der Waals surface area contributed by atoms with Crippen LogP contribution in [0.1, 0.15) is 43.4 Å². The van der Waals surface area contributed by atoms with E-state index >= 15 is 0 Å². The number of hydrogen-bond acceptors (Lipinski definition) is 1. The standard InChI is InChI=1S/C12H16Cl2S/c1-12(2)6-3-4-8(12)10(14)11-9(13)5-7-15-11/h5,7-8,10H,3-4,6H2,1-2H3. The molecule has 3 heteroatoms. The van der Waals surface area contributed by atoms with E-state index in [0.717, 1.165) is 9.90 Å². The molecule has 0 N–H and O–H groups in total. The zero-order valence-corrected chi connectivity index (χ0v) is 11.4. The summed E-state index contributed by atoms with van der Waals surface area (Å²) in [7, 11) is 0. The Hall–Kier alpha value is 0.280. The molecule has 1 aromatic heterocycles. The molecular formula is C12H16Cl2S. The van der Waals surface area contributed by atoms with Crippen LogP contribution in [0, 0.1) is 11.3 Å². The van der Waals surface area contributed by atoms with Crippen LogP contribution in [0.25, 0.3) is 0 Å². The molecule has 1 heterocycles. The van der Waals surface area contributed by atoms with E-state index in [9.17, 15) is 0 Å². The van der Waals surface area contributed by atoms with Gasteiger partial charge in [0.15, 0.2) is 0 Å². The van der Waals surface area contributed by atoms with Crippen LogP contribution >= 0.6 is 34.5 Å². The van der Waals surface area contributed by atoms with Gasteiger partial charge in [-0.15, -0.1) is 22.9 Å². The fraction of sp³-hybridized carbons (Fsp3) is 0.667. The van der Waals surface area contributed by atoms with Gasteiger partial charge in [0.25, 0.3) is 0 Å². The van der Waals surface area contributed by atoms with Gasteiger partial charge in [-0.05, 0) is 35.6 Å². The van der Waals surface area contributed by atoms with Crippen LogP contribution < -0.4 is 0 Å². The van der Waals surface area contributed by atoms with E-state index in [4.69, 9.17) is 23.2 Å². The average molecular weight is 263 g/mol. The first-order chi connectivity index (χ1) is 7.02. The van der Waals surface area contributed by atoms with Crippen molar-refractivity contribution in [3.05, 3.63) is 21.3 Å². The number of hydrogen-bond donors (Lipinski definition) is 0. The van der Waals surface area contributed by atoms with Gasteiger partial charge in [0.2, 0.25) is 0 Å². The van der Waals surface area contributed by atoms with Crippen LogP contribution in [0.2, 0.25) is 5.02 Å². The van der Waals surface area contributed by atoms with Crippen molar-refractivity contribution in [3.8, 4) is 0 Å². The van der Waals surface area contributed by atoms with E-state index in [1.807, 2.05) is 11.4 Å². The van der Waals surface area contributed by atoms with Gasteiger partial charge in [-0.3, -0.25) is 0 Å². The Labute approximate surface area is 106 Å². The van der Waals surface area contributed by atoms with Crippen molar-refractivity contribution in [1.82, 2.24) is 0 Å². The highest BCUT2D eigenvalue weighted by Gasteiger charge is 2.40. The summed E-state index contributed by atoms with van der Waals surface area (Å²) < 4.78 is 0. The lowest BCUT2D eigenvalue weighted by Crippen LogP contribution is -2.21. The van der Waals surface area contributed by atoms with Crippen molar-refractivity contribution >= 4 is 34.5 Å². The minimum Gasteiger partial charge on any atom is -0.146 e. The highest BCUT2D eigenvalue weighted by molar-refractivity contribution is 7.11. The first-order valence-corrected chi connectivity index (χ1v) is 7.09. The van der Waals surface area contributed by atoms with Gasteiger partial charge in [0, 0.05) is 4.88 Å². The van der Waals surface area contributed by atoms with Gasteiger partial charge >= 0.3 is 0 Å². The van der Waals surface area contributed by atoms with Gasteiger partial charge in [-0.2, -0.15) is 0 Å². The summed E-state index contributed by atoms with van der Waals surface area (Å²) in [4.78, 5) is 1.15. The molecule has 1 saturated carbocycles. The summed E-state index contributed by atoms with van der Waals surface area (Å²) in [5, 5.41) is 2.95. The smallest absolute Gasteiger partial charge is 0.0726 e. The van der Waals surface area contributed by atoms with Crippen molar-refractivity contribution < 1.29 is 0 Å². The second kappa shape index (κ2) is 4.27. The van der Waals surface area contributed by atoms with Gasteiger partial charge < -0.3 is 0 Å². The molecule has 0 saturated heterocycles. The first kappa shape index (κ1) is 11.8. The molecule has 1 aliphatic rings.